The van der Waals surface area contributed by atoms with E-state index in [1.807, 2.05) is 12.2 Å². The Hall–Kier alpha value is -2.92. The molecule has 10 nitrogen and oxygen atoms in total. The Bertz CT molecular complexity index is 2270. The molecular formula is C65H101NO9. The van der Waals surface area contributed by atoms with Gasteiger partial charge in [0.2, 0.25) is 0 Å². The fourth-order valence-corrected chi connectivity index (χ4v) is 21.0. The van der Waals surface area contributed by atoms with Crippen LogP contribution in [0.5, 0.6) is 0 Å². The zero-order chi connectivity index (χ0) is 55.8. The number of carbonyl (C=O) groups is 4. The smallest absolute Gasteiger partial charge is 0.312 e. The molecule has 0 amide bonds. The van der Waals surface area contributed by atoms with Crippen molar-refractivity contribution in [3.05, 3.63) is 47.6 Å². The van der Waals surface area contributed by atoms with Gasteiger partial charge in [-0.05, 0) is 195 Å². The van der Waals surface area contributed by atoms with Crippen molar-refractivity contribution < 1.29 is 44.1 Å². The normalized spacial score (nSPS) is 47.9. The van der Waals surface area contributed by atoms with Crippen LogP contribution in [0.15, 0.2) is 47.6 Å². The fraction of sp³-hybridized carbons (Fsp3) is 0.815. The third-order valence-electron chi connectivity index (χ3n) is 26.2. The van der Waals surface area contributed by atoms with E-state index in [-0.39, 0.29) is 126 Å². The van der Waals surface area contributed by atoms with Gasteiger partial charge >= 0.3 is 11.9 Å². The zero-order valence-corrected chi connectivity index (χ0v) is 49.5. The summed E-state index contributed by atoms with van der Waals surface area (Å²) in [7, 11) is 4.46. The lowest BCUT2D eigenvalue weighted by Crippen LogP contribution is -2.66. The summed E-state index contributed by atoms with van der Waals surface area (Å²) < 4.78 is 10.9. The SMILES string of the molecule is C=C1CC[C@]2(C)C3=CC(=O)[C@@H]4[C@@H]5CC(C)(C)CC[C@]5(C(=O)OC)CC[C@@]4(C)[C@]3(C)CC[C@H]2[C@@]1(C)CO.C=C1CC[C@]2(C)C3=CC(=O)[C@@H]4[C@@H]5CC(C)(C)CC[C@]5(C(=O)OC)CC[C@@]4(C)[C@]3(C)CC[C@H]2[C@]1(C)CO.CNO. The first-order valence-corrected chi connectivity index (χ1v) is 29.3. The highest BCUT2D eigenvalue weighted by Gasteiger charge is 2.73. The van der Waals surface area contributed by atoms with E-state index in [1.54, 1.807) is 5.48 Å². The van der Waals surface area contributed by atoms with Gasteiger partial charge in [-0.1, -0.05) is 119 Å². The van der Waals surface area contributed by atoms with Crippen molar-refractivity contribution in [2.75, 3.05) is 34.5 Å². The number of aliphatic hydroxyl groups is 2. The van der Waals surface area contributed by atoms with Gasteiger partial charge in [-0.3, -0.25) is 19.2 Å². The Labute approximate surface area is 452 Å². The summed E-state index contributed by atoms with van der Waals surface area (Å²) in [6.45, 7) is 36.9. The number of fused-ring (bicyclic) bond motifs is 14. The fourth-order valence-electron chi connectivity index (χ4n) is 21.0. The Morgan fingerprint density at radius 3 is 1.19 bits per heavy atom. The molecule has 0 heterocycles. The van der Waals surface area contributed by atoms with Gasteiger partial charge in [0.05, 0.1) is 38.3 Å². The predicted molar refractivity (Wildman–Crippen MR) is 295 cm³/mol. The van der Waals surface area contributed by atoms with Crippen molar-refractivity contribution in [1.82, 2.24) is 5.48 Å². The minimum Gasteiger partial charge on any atom is -0.469 e. The van der Waals surface area contributed by atoms with Crippen LogP contribution in [0.25, 0.3) is 0 Å². The van der Waals surface area contributed by atoms with Crippen LogP contribution >= 0.6 is 0 Å². The molecule has 0 saturated heterocycles. The van der Waals surface area contributed by atoms with E-state index in [0.29, 0.717) is 0 Å². The number of allylic oxidation sites excluding steroid dienone is 4. The summed E-state index contributed by atoms with van der Waals surface area (Å²) in [4.78, 5) is 55.5. The molecule has 0 aromatic carbocycles. The molecule has 0 aliphatic heterocycles. The third kappa shape index (κ3) is 7.91. The number of ether oxygens (including phenoxy) is 2. The molecule has 0 aromatic heterocycles. The molecule has 8 fully saturated rings. The number of aliphatic hydroxyl groups excluding tert-OH is 2. The number of hydroxylamine groups is 1. The monoisotopic (exact) mass is 1040 g/mol. The summed E-state index contributed by atoms with van der Waals surface area (Å²) >= 11 is 0. The standard InChI is InChI=1S/2C32H48O4.CH5NO/c2*1-20-9-11-28(4)23(29(20,5)19-33)10-12-30(6)24(28)17-22(34)25-21-18-27(2,3)13-15-32(21,26(35)36-8)16-14-31(25,30)7;1-2-3/h2*17,21,23,25,33H,1,9-16,18-19H2,2-8H3;2-3H,1H3/t21-,23+,25-,28-,29+,30+,31+,32-;21-,23+,25-,28-,29-,30+,31+,32-;/m00./s1. The maximum Gasteiger partial charge on any atom is 0.312 e. The van der Waals surface area contributed by atoms with Gasteiger partial charge in [-0.2, -0.15) is 0 Å². The molecule has 8 saturated carbocycles. The van der Waals surface area contributed by atoms with Crippen molar-refractivity contribution in [3.8, 4) is 0 Å². The highest BCUT2D eigenvalue weighted by molar-refractivity contribution is 5.97. The Balaban J connectivity index is 0.000000189. The quantitative estimate of drug-likeness (QED) is 0.121. The topological polar surface area (TPSA) is 159 Å². The first-order valence-electron chi connectivity index (χ1n) is 29.3. The zero-order valence-electron chi connectivity index (χ0n) is 49.5. The maximum absolute atomic E-state index is 14.4. The van der Waals surface area contributed by atoms with Crippen molar-refractivity contribution in [1.29, 1.82) is 0 Å². The second-order valence-electron chi connectivity index (χ2n) is 30.2. The van der Waals surface area contributed by atoms with Crippen LogP contribution in [0, 0.1) is 100 Å². The largest absolute Gasteiger partial charge is 0.469 e. The van der Waals surface area contributed by atoms with Crippen molar-refractivity contribution in [3.63, 3.8) is 0 Å². The third-order valence-corrected chi connectivity index (χ3v) is 26.2. The lowest BCUT2D eigenvalue weighted by Gasteiger charge is -2.69. The summed E-state index contributed by atoms with van der Waals surface area (Å²) in [5.74, 6) is 0.585. The summed E-state index contributed by atoms with van der Waals surface area (Å²) in [6.07, 6.45) is 20.8. The number of rotatable bonds is 4. The van der Waals surface area contributed by atoms with Gasteiger partial charge in [0.1, 0.15) is 0 Å². The van der Waals surface area contributed by atoms with Crippen LogP contribution in [-0.4, -0.2) is 73.4 Å². The molecular weight excluding hydrogens is 939 g/mol. The highest BCUT2D eigenvalue weighted by Crippen LogP contribution is 2.78. The Kier molecular flexibility index (Phi) is 14.6. The van der Waals surface area contributed by atoms with E-state index in [0.717, 1.165) is 127 Å². The van der Waals surface area contributed by atoms with E-state index in [2.05, 4.69) is 96.2 Å². The molecule has 420 valence electrons. The first kappa shape index (κ1) is 58.2. The molecule has 0 aromatic rings. The maximum atomic E-state index is 14.4. The molecule has 0 radical (unpaired) electrons. The van der Waals surface area contributed by atoms with E-state index in [9.17, 15) is 29.4 Å². The summed E-state index contributed by atoms with van der Waals surface area (Å²) in [6, 6.07) is 0. The molecule has 0 bridgehead atoms. The molecule has 75 heavy (non-hydrogen) atoms. The number of esters is 2. The lowest BCUT2D eigenvalue weighted by atomic mass is 9.33. The lowest BCUT2D eigenvalue weighted by molar-refractivity contribution is -0.193. The number of hydrogen-bond donors (Lipinski definition) is 4. The van der Waals surface area contributed by atoms with Crippen LogP contribution < -0.4 is 5.48 Å². The molecule has 4 N–H and O–H groups in total. The Morgan fingerprint density at radius 1 is 0.560 bits per heavy atom. The number of methoxy groups -OCH3 is 2. The first-order chi connectivity index (χ1) is 34.7. The molecule has 10 aliphatic carbocycles. The second-order valence-corrected chi connectivity index (χ2v) is 30.2. The van der Waals surface area contributed by atoms with Crippen molar-refractivity contribution in [2.45, 2.75) is 199 Å². The van der Waals surface area contributed by atoms with E-state index in [4.69, 9.17) is 14.7 Å². The summed E-state index contributed by atoms with van der Waals surface area (Å²) in [5.41, 5.74) is 4.41. The van der Waals surface area contributed by atoms with Gasteiger partial charge in [0.25, 0.3) is 0 Å². The van der Waals surface area contributed by atoms with Gasteiger partial charge < -0.3 is 24.9 Å². The average molecular weight is 1040 g/mol. The van der Waals surface area contributed by atoms with Crippen LogP contribution in [0.2, 0.25) is 0 Å². The minimum atomic E-state index is -0.537. The van der Waals surface area contributed by atoms with Crippen LogP contribution in [0.1, 0.15) is 199 Å². The minimum absolute atomic E-state index is 0.0222. The van der Waals surface area contributed by atoms with Gasteiger partial charge in [-0.25, -0.2) is 5.48 Å². The number of hydrogen-bond acceptors (Lipinski definition) is 10. The Morgan fingerprint density at radius 2 is 0.880 bits per heavy atom. The van der Waals surface area contributed by atoms with Crippen molar-refractivity contribution >= 4 is 23.5 Å². The number of carbonyl (C=O) groups excluding carboxylic acids is 4. The molecule has 0 unspecified atom stereocenters. The molecule has 10 heteroatoms. The summed E-state index contributed by atoms with van der Waals surface area (Å²) in [5, 5.41) is 28.4. The number of nitrogens with one attached hydrogen (secondary N) is 1. The molecule has 0 spiro atoms. The second kappa shape index (κ2) is 18.9. The predicted octanol–water partition coefficient (Wildman–Crippen LogP) is 12.9. The van der Waals surface area contributed by atoms with Gasteiger partial charge in [-0.15, -0.1) is 0 Å². The number of ketones is 2. The average Bonchev–Trinajstić information content (AvgIpc) is 3.35. The van der Waals surface area contributed by atoms with Crippen LogP contribution in [-0.2, 0) is 28.7 Å². The van der Waals surface area contributed by atoms with Crippen LogP contribution in [0.4, 0.5) is 0 Å². The van der Waals surface area contributed by atoms with E-state index in [1.165, 1.54) is 32.4 Å². The molecule has 10 aliphatic rings. The van der Waals surface area contributed by atoms with Gasteiger partial charge in [0.15, 0.2) is 11.6 Å². The van der Waals surface area contributed by atoms with Gasteiger partial charge in [0, 0.05) is 29.7 Å². The molecule has 10 rings (SSSR count). The van der Waals surface area contributed by atoms with Crippen molar-refractivity contribution in [2.24, 2.45) is 100 Å². The van der Waals surface area contributed by atoms with E-state index < -0.39 is 10.8 Å². The molecule has 16 atom stereocenters. The van der Waals surface area contributed by atoms with Crippen LogP contribution in [0.3, 0.4) is 0 Å². The highest BCUT2D eigenvalue weighted by atomic mass is 16.5. The van der Waals surface area contributed by atoms with E-state index >= 15 is 0 Å².